The number of hydrogen-bond donors (Lipinski definition) is 1. The number of fused-ring (bicyclic) bond motifs is 1. The molecule has 1 saturated heterocycles. The summed E-state index contributed by atoms with van der Waals surface area (Å²) < 4.78 is 3.23. The molecule has 28 heavy (non-hydrogen) atoms. The summed E-state index contributed by atoms with van der Waals surface area (Å²) in [5.41, 5.74) is 2.03. The van der Waals surface area contributed by atoms with E-state index in [1.165, 1.54) is 23.1 Å². The van der Waals surface area contributed by atoms with Crippen LogP contribution >= 0.6 is 0 Å². The highest BCUT2D eigenvalue weighted by Gasteiger charge is 2.25. The van der Waals surface area contributed by atoms with Crippen LogP contribution in [0.3, 0.4) is 0 Å². The molecular formula is C21H29N5O2. The van der Waals surface area contributed by atoms with Crippen molar-refractivity contribution in [2.45, 2.75) is 58.7 Å². The minimum absolute atomic E-state index is 0.0416. The summed E-state index contributed by atoms with van der Waals surface area (Å²) in [6.07, 6.45) is 4.61. The Kier molecular flexibility index (Phi) is 5.62. The Morgan fingerprint density at radius 1 is 1.21 bits per heavy atom. The number of nitrogens with one attached hydrogen (secondary N) is 1. The number of carbonyl (C=O) groups excluding carboxylic acids is 1. The molecule has 7 heteroatoms. The zero-order valence-corrected chi connectivity index (χ0v) is 16.6. The van der Waals surface area contributed by atoms with Crippen LogP contribution in [0.15, 0.2) is 29.1 Å². The van der Waals surface area contributed by atoms with Crippen molar-refractivity contribution in [2.75, 3.05) is 18.4 Å². The Hall–Kier alpha value is -2.41. The average Bonchev–Trinajstić information content (AvgIpc) is 3.24. The lowest BCUT2D eigenvalue weighted by Crippen LogP contribution is -2.27. The van der Waals surface area contributed by atoms with Crippen LogP contribution in [0.2, 0.25) is 0 Å². The monoisotopic (exact) mass is 383 g/mol. The van der Waals surface area contributed by atoms with Crippen molar-refractivity contribution in [3.63, 3.8) is 0 Å². The Bertz CT molecular complexity index is 894. The minimum atomic E-state index is -0.0987. The first kappa shape index (κ1) is 18.9. The quantitative estimate of drug-likeness (QED) is 0.860. The molecule has 2 aliphatic heterocycles. The predicted octanol–water partition coefficient (Wildman–Crippen LogP) is 2.25. The van der Waals surface area contributed by atoms with Crippen LogP contribution in [0, 0.1) is 5.92 Å². The van der Waals surface area contributed by atoms with Crippen molar-refractivity contribution < 1.29 is 4.79 Å². The van der Waals surface area contributed by atoms with Gasteiger partial charge in [0.2, 0.25) is 5.91 Å². The predicted molar refractivity (Wildman–Crippen MR) is 108 cm³/mol. The molecule has 1 aromatic carbocycles. The number of anilines is 1. The molecule has 150 valence electrons. The Morgan fingerprint density at radius 2 is 2.04 bits per heavy atom. The van der Waals surface area contributed by atoms with Crippen molar-refractivity contribution in [3.05, 3.63) is 46.1 Å². The van der Waals surface area contributed by atoms with E-state index in [-0.39, 0.29) is 17.5 Å². The normalized spacial score (nSPS) is 20.0. The van der Waals surface area contributed by atoms with Crippen molar-refractivity contribution in [2.24, 2.45) is 5.92 Å². The van der Waals surface area contributed by atoms with Gasteiger partial charge < -0.3 is 5.32 Å². The van der Waals surface area contributed by atoms with Crippen LogP contribution in [0.4, 0.5) is 5.69 Å². The van der Waals surface area contributed by atoms with Crippen LogP contribution in [0.25, 0.3) is 0 Å². The van der Waals surface area contributed by atoms with Crippen LogP contribution < -0.4 is 11.0 Å². The van der Waals surface area contributed by atoms with E-state index in [0.29, 0.717) is 25.9 Å². The smallest absolute Gasteiger partial charge is 0.326 e. The van der Waals surface area contributed by atoms with Gasteiger partial charge in [-0.3, -0.25) is 14.3 Å². The molecule has 1 atom stereocenters. The van der Waals surface area contributed by atoms with Gasteiger partial charge in [0.05, 0.1) is 0 Å². The molecule has 1 amide bonds. The van der Waals surface area contributed by atoms with Gasteiger partial charge in [0.25, 0.3) is 0 Å². The van der Waals surface area contributed by atoms with E-state index in [4.69, 9.17) is 0 Å². The number of aromatic nitrogens is 3. The lowest BCUT2D eigenvalue weighted by molar-refractivity contribution is -0.120. The van der Waals surface area contributed by atoms with Gasteiger partial charge in [-0.25, -0.2) is 9.48 Å². The number of rotatable bonds is 5. The molecule has 0 aliphatic carbocycles. The molecule has 1 fully saturated rings. The van der Waals surface area contributed by atoms with Crippen molar-refractivity contribution in [1.82, 2.24) is 19.2 Å². The van der Waals surface area contributed by atoms with E-state index in [2.05, 4.69) is 27.4 Å². The minimum Gasteiger partial charge on any atom is -0.326 e. The van der Waals surface area contributed by atoms with E-state index < -0.39 is 0 Å². The molecule has 1 aromatic heterocycles. The van der Waals surface area contributed by atoms with Gasteiger partial charge in [0.15, 0.2) is 0 Å². The van der Waals surface area contributed by atoms with Crippen LogP contribution in [-0.4, -0.2) is 38.2 Å². The highest BCUT2D eigenvalue weighted by molar-refractivity contribution is 5.92. The van der Waals surface area contributed by atoms with Gasteiger partial charge in [-0.05, 0) is 63.4 Å². The van der Waals surface area contributed by atoms with E-state index in [1.54, 1.807) is 4.57 Å². The fraction of sp³-hybridized carbons (Fsp3) is 0.571. The standard InChI is InChI=1S/C21H29N5O2/c1-2-26-21(28)25-13-10-17(8-9-19(25)23-26)20(27)22-18-7-5-6-16(14-18)15-24-11-3-4-12-24/h5-7,14,17H,2-4,8-13,15H2,1H3,(H,22,27). The first-order valence-electron chi connectivity index (χ1n) is 10.4. The zero-order valence-electron chi connectivity index (χ0n) is 16.6. The van der Waals surface area contributed by atoms with Gasteiger partial charge in [0, 0.05) is 37.7 Å². The summed E-state index contributed by atoms with van der Waals surface area (Å²) in [5, 5.41) is 7.49. The van der Waals surface area contributed by atoms with Gasteiger partial charge in [0.1, 0.15) is 5.82 Å². The molecule has 0 bridgehead atoms. The number of aryl methyl sites for hydroxylation is 2. The van der Waals surface area contributed by atoms with Gasteiger partial charge >= 0.3 is 5.69 Å². The van der Waals surface area contributed by atoms with Crippen LogP contribution in [0.5, 0.6) is 0 Å². The topological polar surface area (TPSA) is 72.2 Å². The summed E-state index contributed by atoms with van der Waals surface area (Å²) in [6, 6.07) is 8.17. The molecule has 1 N–H and O–H groups in total. The Morgan fingerprint density at radius 3 is 2.82 bits per heavy atom. The van der Waals surface area contributed by atoms with E-state index in [0.717, 1.165) is 37.6 Å². The van der Waals surface area contributed by atoms with Gasteiger partial charge in [-0.2, -0.15) is 5.10 Å². The maximum Gasteiger partial charge on any atom is 0.345 e. The lowest BCUT2D eigenvalue weighted by atomic mass is 9.99. The second-order valence-corrected chi connectivity index (χ2v) is 7.86. The fourth-order valence-corrected chi connectivity index (χ4v) is 4.29. The van der Waals surface area contributed by atoms with E-state index in [1.807, 2.05) is 19.1 Å². The third-order valence-corrected chi connectivity index (χ3v) is 5.89. The molecule has 0 spiro atoms. The summed E-state index contributed by atoms with van der Waals surface area (Å²) in [4.78, 5) is 27.6. The third-order valence-electron chi connectivity index (χ3n) is 5.89. The van der Waals surface area contributed by atoms with Gasteiger partial charge in [-0.1, -0.05) is 12.1 Å². The molecule has 2 aromatic rings. The van der Waals surface area contributed by atoms with Crippen molar-refractivity contribution in [3.8, 4) is 0 Å². The number of hydrogen-bond acceptors (Lipinski definition) is 4. The lowest BCUT2D eigenvalue weighted by Gasteiger charge is -2.17. The molecule has 2 aliphatic rings. The van der Waals surface area contributed by atoms with Crippen LogP contribution in [0.1, 0.15) is 44.0 Å². The first-order valence-corrected chi connectivity index (χ1v) is 10.4. The summed E-state index contributed by atoms with van der Waals surface area (Å²) in [6.45, 7) is 6.32. The van der Waals surface area contributed by atoms with Crippen LogP contribution in [-0.2, 0) is 30.8 Å². The van der Waals surface area contributed by atoms with E-state index >= 15 is 0 Å². The number of nitrogens with zero attached hydrogens (tertiary/aromatic N) is 4. The highest BCUT2D eigenvalue weighted by Crippen LogP contribution is 2.21. The molecule has 0 saturated carbocycles. The molecule has 4 rings (SSSR count). The fourth-order valence-electron chi connectivity index (χ4n) is 4.29. The Labute approximate surface area is 165 Å². The number of amides is 1. The van der Waals surface area contributed by atoms with Crippen molar-refractivity contribution in [1.29, 1.82) is 0 Å². The maximum absolute atomic E-state index is 12.8. The SMILES string of the molecule is CCn1nc2n(c1=O)CCC(C(=O)Nc1cccc(CN3CCCC3)c1)CC2. The molecule has 7 nitrogen and oxygen atoms in total. The maximum atomic E-state index is 12.8. The zero-order chi connectivity index (χ0) is 19.5. The van der Waals surface area contributed by atoms with E-state index in [9.17, 15) is 9.59 Å². The summed E-state index contributed by atoms with van der Waals surface area (Å²) >= 11 is 0. The molecule has 0 radical (unpaired) electrons. The third kappa shape index (κ3) is 4.04. The summed E-state index contributed by atoms with van der Waals surface area (Å²) in [7, 11) is 0. The first-order chi connectivity index (χ1) is 13.6. The number of benzene rings is 1. The highest BCUT2D eigenvalue weighted by atomic mass is 16.2. The largest absolute Gasteiger partial charge is 0.345 e. The number of likely N-dealkylation sites (tertiary alicyclic amines) is 1. The second kappa shape index (κ2) is 8.31. The van der Waals surface area contributed by atoms with Crippen molar-refractivity contribution >= 4 is 11.6 Å². The number of carbonyl (C=O) groups is 1. The van der Waals surface area contributed by atoms with Gasteiger partial charge in [-0.15, -0.1) is 0 Å². The molecule has 1 unspecified atom stereocenters. The molecule has 3 heterocycles. The Balaban J connectivity index is 1.38. The summed E-state index contributed by atoms with van der Waals surface area (Å²) in [5.74, 6) is 0.744. The average molecular weight is 383 g/mol. The second-order valence-electron chi connectivity index (χ2n) is 7.86. The molecular weight excluding hydrogens is 354 g/mol.